The van der Waals surface area contributed by atoms with Crippen LogP contribution in [0.3, 0.4) is 0 Å². The standard InChI is InChI=1S/C11H19N3O2/c1-10-13-4-3-11(14-10)9-12-5-6-16-8-7-15-2/h3-4,12H,5-9H2,1-2H3. The Labute approximate surface area is 96.2 Å². The van der Waals surface area contributed by atoms with Gasteiger partial charge in [0.1, 0.15) is 5.82 Å². The Balaban J connectivity index is 2.03. The van der Waals surface area contributed by atoms with Gasteiger partial charge < -0.3 is 14.8 Å². The molecular weight excluding hydrogens is 206 g/mol. The van der Waals surface area contributed by atoms with Crippen LogP contribution in [0.25, 0.3) is 0 Å². The molecule has 90 valence electrons. The smallest absolute Gasteiger partial charge is 0.125 e. The molecule has 0 aromatic carbocycles. The maximum atomic E-state index is 5.32. The van der Waals surface area contributed by atoms with Gasteiger partial charge in [-0.1, -0.05) is 0 Å². The van der Waals surface area contributed by atoms with Crippen LogP contribution in [0, 0.1) is 6.92 Å². The molecule has 5 heteroatoms. The molecule has 1 aromatic rings. The lowest BCUT2D eigenvalue weighted by Gasteiger charge is -2.05. The monoisotopic (exact) mass is 225 g/mol. The van der Waals surface area contributed by atoms with Gasteiger partial charge in [0.25, 0.3) is 0 Å². The van der Waals surface area contributed by atoms with Gasteiger partial charge in [-0.25, -0.2) is 9.97 Å². The molecule has 0 unspecified atom stereocenters. The summed E-state index contributed by atoms with van der Waals surface area (Å²) in [6.45, 7) is 5.42. The lowest BCUT2D eigenvalue weighted by molar-refractivity contribution is 0.0719. The van der Waals surface area contributed by atoms with Crippen LogP contribution >= 0.6 is 0 Å². The van der Waals surface area contributed by atoms with Crippen LogP contribution in [0.15, 0.2) is 12.3 Å². The van der Waals surface area contributed by atoms with Gasteiger partial charge in [0.15, 0.2) is 0 Å². The highest BCUT2D eigenvalue weighted by atomic mass is 16.5. The predicted octanol–water partition coefficient (Wildman–Crippen LogP) is 0.538. The molecule has 1 aromatic heterocycles. The summed E-state index contributed by atoms with van der Waals surface area (Å²) in [5.74, 6) is 0.802. The molecule has 0 fully saturated rings. The molecule has 0 spiro atoms. The summed E-state index contributed by atoms with van der Waals surface area (Å²) in [7, 11) is 1.67. The van der Waals surface area contributed by atoms with Crippen molar-refractivity contribution in [2.75, 3.05) is 33.5 Å². The van der Waals surface area contributed by atoms with E-state index in [2.05, 4.69) is 15.3 Å². The van der Waals surface area contributed by atoms with Crippen LogP contribution < -0.4 is 5.32 Å². The van der Waals surface area contributed by atoms with Crippen LogP contribution in [0.4, 0.5) is 0 Å². The molecule has 0 aliphatic carbocycles. The van der Waals surface area contributed by atoms with E-state index in [1.807, 2.05) is 13.0 Å². The van der Waals surface area contributed by atoms with Crippen molar-refractivity contribution in [1.29, 1.82) is 0 Å². The molecular formula is C11H19N3O2. The first kappa shape index (κ1) is 13.0. The number of aromatic nitrogens is 2. The van der Waals surface area contributed by atoms with Crippen molar-refractivity contribution in [1.82, 2.24) is 15.3 Å². The first-order valence-electron chi connectivity index (χ1n) is 5.39. The second kappa shape index (κ2) is 8.15. The van der Waals surface area contributed by atoms with E-state index >= 15 is 0 Å². The first-order chi connectivity index (χ1) is 7.83. The molecule has 0 saturated heterocycles. The molecule has 0 aliphatic heterocycles. The number of ether oxygens (including phenoxy) is 2. The molecule has 0 radical (unpaired) electrons. The first-order valence-corrected chi connectivity index (χ1v) is 5.39. The third kappa shape index (κ3) is 5.75. The molecule has 0 amide bonds. The fourth-order valence-corrected chi connectivity index (χ4v) is 1.21. The number of nitrogens with one attached hydrogen (secondary N) is 1. The van der Waals surface area contributed by atoms with E-state index in [1.165, 1.54) is 0 Å². The van der Waals surface area contributed by atoms with Crippen LogP contribution in [0.2, 0.25) is 0 Å². The van der Waals surface area contributed by atoms with Crippen molar-refractivity contribution in [3.05, 3.63) is 23.8 Å². The normalized spacial score (nSPS) is 10.6. The van der Waals surface area contributed by atoms with E-state index in [4.69, 9.17) is 9.47 Å². The quantitative estimate of drug-likeness (QED) is 0.654. The number of hydrogen-bond donors (Lipinski definition) is 1. The molecule has 0 saturated carbocycles. The Hall–Kier alpha value is -1.04. The Morgan fingerprint density at radius 2 is 2.19 bits per heavy atom. The third-order valence-electron chi connectivity index (χ3n) is 1.99. The lowest BCUT2D eigenvalue weighted by Crippen LogP contribution is -2.20. The highest BCUT2D eigenvalue weighted by molar-refractivity contribution is 5.00. The summed E-state index contributed by atoms with van der Waals surface area (Å²) in [5.41, 5.74) is 1.00. The van der Waals surface area contributed by atoms with E-state index in [-0.39, 0.29) is 0 Å². The van der Waals surface area contributed by atoms with Gasteiger partial charge in [0.05, 0.1) is 25.5 Å². The second-order valence-corrected chi connectivity index (χ2v) is 3.38. The zero-order valence-corrected chi connectivity index (χ0v) is 9.90. The SMILES string of the molecule is COCCOCCNCc1ccnc(C)n1. The van der Waals surface area contributed by atoms with Crippen molar-refractivity contribution in [2.24, 2.45) is 0 Å². The molecule has 0 atom stereocenters. The predicted molar refractivity (Wildman–Crippen MR) is 61.2 cm³/mol. The van der Waals surface area contributed by atoms with Gasteiger partial charge in [0.2, 0.25) is 0 Å². The van der Waals surface area contributed by atoms with Crippen molar-refractivity contribution in [3.63, 3.8) is 0 Å². The Morgan fingerprint density at radius 3 is 2.94 bits per heavy atom. The fourth-order valence-electron chi connectivity index (χ4n) is 1.21. The number of nitrogens with zero attached hydrogens (tertiary/aromatic N) is 2. The minimum Gasteiger partial charge on any atom is -0.382 e. The van der Waals surface area contributed by atoms with Crippen LogP contribution in [0.5, 0.6) is 0 Å². The summed E-state index contributed by atoms with van der Waals surface area (Å²) in [6, 6.07) is 1.91. The summed E-state index contributed by atoms with van der Waals surface area (Å²) in [6.07, 6.45) is 1.77. The van der Waals surface area contributed by atoms with Gasteiger partial charge in [-0.05, 0) is 13.0 Å². The number of rotatable bonds is 8. The van der Waals surface area contributed by atoms with Gasteiger partial charge >= 0.3 is 0 Å². The molecule has 0 bridgehead atoms. The van der Waals surface area contributed by atoms with E-state index in [1.54, 1.807) is 13.3 Å². The molecule has 16 heavy (non-hydrogen) atoms. The summed E-state index contributed by atoms with van der Waals surface area (Å²) in [4.78, 5) is 8.33. The Kier molecular flexibility index (Phi) is 6.64. The molecule has 0 aliphatic rings. The van der Waals surface area contributed by atoms with Gasteiger partial charge in [0, 0.05) is 26.4 Å². The van der Waals surface area contributed by atoms with Crippen molar-refractivity contribution in [3.8, 4) is 0 Å². The molecule has 5 nitrogen and oxygen atoms in total. The highest BCUT2D eigenvalue weighted by Crippen LogP contribution is 1.93. The van der Waals surface area contributed by atoms with Crippen molar-refractivity contribution in [2.45, 2.75) is 13.5 Å². The molecule has 1 N–H and O–H groups in total. The fraction of sp³-hybridized carbons (Fsp3) is 0.636. The largest absolute Gasteiger partial charge is 0.382 e. The van der Waals surface area contributed by atoms with Gasteiger partial charge in [-0.2, -0.15) is 0 Å². The number of hydrogen-bond acceptors (Lipinski definition) is 5. The van der Waals surface area contributed by atoms with Crippen LogP contribution in [-0.4, -0.2) is 43.4 Å². The van der Waals surface area contributed by atoms with Crippen LogP contribution in [0.1, 0.15) is 11.5 Å². The zero-order valence-electron chi connectivity index (χ0n) is 9.90. The average molecular weight is 225 g/mol. The second-order valence-electron chi connectivity index (χ2n) is 3.38. The van der Waals surface area contributed by atoms with Gasteiger partial charge in [-0.15, -0.1) is 0 Å². The minimum atomic E-state index is 0.644. The summed E-state index contributed by atoms with van der Waals surface area (Å²) in [5, 5.41) is 3.25. The van der Waals surface area contributed by atoms with Crippen molar-refractivity contribution < 1.29 is 9.47 Å². The zero-order chi connectivity index (χ0) is 11.6. The lowest BCUT2D eigenvalue weighted by atomic mass is 10.4. The molecule has 1 rings (SSSR count). The topological polar surface area (TPSA) is 56.3 Å². The third-order valence-corrected chi connectivity index (χ3v) is 1.99. The average Bonchev–Trinajstić information content (AvgIpc) is 2.28. The van der Waals surface area contributed by atoms with Crippen molar-refractivity contribution >= 4 is 0 Å². The van der Waals surface area contributed by atoms with Gasteiger partial charge in [-0.3, -0.25) is 0 Å². The molecule has 1 heterocycles. The highest BCUT2D eigenvalue weighted by Gasteiger charge is 1.95. The minimum absolute atomic E-state index is 0.644. The number of aryl methyl sites for hydroxylation is 1. The van der Waals surface area contributed by atoms with E-state index in [0.29, 0.717) is 19.8 Å². The van der Waals surface area contributed by atoms with E-state index in [9.17, 15) is 0 Å². The van der Waals surface area contributed by atoms with Crippen LogP contribution in [-0.2, 0) is 16.0 Å². The van der Waals surface area contributed by atoms with E-state index in [0.717, 1.165) is 24.6 Å². The van der Waals surface area contributed by atoms with E-state index < -0.39 is 0 Å². The summed E-state index contributed by atoms with van der Waals surface area (Å²) >= 11 is 0. The summed E-state index contributed by atoms with van der Waals surface area (Å²) < 4.78 is 10.2. The Bertz CT molecular complexity index is 294. The maximum absolute atomic E-state index is 5.32. The maximum Gasteiger partial charge on any atom is 0.125 e. The Morgan fingerprint density at radius 1 is 1.31 bits per heavy atom. The number of methoxy groups -OCH3 is 1.